The van der Waals surface area contributed by atoms with Crippen LogP contribution >= 0.6 is 0 Å². The predicted molar refractivity (Wildman–Crippen MR) is 140 cm³/mol. The van der Waals surface area contributed by atoms with Gasteiger partial charge in [-0.15, -0.1) is 0 Å². The number of amides is 1. The normalized spacial score (nSPS) is 13.2. The molecule has 3 aliphatic heterocycles. The molecule has 8 heteroatoms. The Morgan fingerprint density at radius 1 is 1.19 bits per heavy atom. The molecule has 2 aromatic carbocycles. The fourth-order valence-electron chi connectivity index (χ4n) is 4.48. The lowest BCUT2D eigenvalue weighted by atomic mass is 9.85. The molecule has 180 valence electrons. The molecule has 0 atom stereocenters. The molecule has 0 fully saturated rings. The number of rotatable bonds is 4. The van der Waals surface area contributed by atoms with Crippen LogP contribution in [-0.2, 0) is 12.0 Å². The lowest BCUT2D eigenvalue weighted by Gasteiger charge is -2.19. The average Bonchev–Trinajstić information content (AvgIpc) is 3.39. The number of aromatic nitrogens is 3. The molecule has 0 aromatic heterocycles. The van der Waals surface area contributed by atoms with Gasteiger partial charge in [-0.3, -0.25) is 9.79 Å². The van der Waals surface area contributed by atoms with Crippen molar-refractivity contribution >= 4 is 17.4 Å². The minimum absolute atomic E-state index is 0.221. The van der Waals surface area contributed by atoms with Crippen LogP contribution < -0.4 is 16.3 Å². The van der Waals surface area contributed by atoms with Gasteiger partial charge in [0.2, 0.25) is 5.62 Å². The van der Waals surface area contributed by atoms with Crippen LogP contribution in [0.4, 0.5) is 11.5 Å². The lowest BCUT2D eigenvalue weighted by molar-refractivity contribution is 0.102. The van der Waals surface area contributed by atoms with Crippen molar-refractivity contribution in [2.24, 2.45) is 4.99 Å². The molecule has 0 aliphatic carbocycles. The molecule has 0 unspecified atom stereocenters. The first-order valence-corrected chi connectivity index (χ1v) is 11.8. The summed E-state index contributed by atoms with van der Waals surface area (Å²) >= 11 is 0. The van der Waals surface area contributed by atoms with Gasteiger partial charge in [0.25, 0.3) is 5.91 Å². The molecule has 3 heterocycles. The first-order chi connectivity index (χ1) is 17.3. The summed E-state index contributed by atoms with van der Waals surface area (Å²) in [6, 6.07) is 17.5. The summed E-state index contributed by atoms with van der Waals surface area (Å²) in [5.74, 6) is 1.61. The number of hydrogen-bond acceptors (Lipinski definition) is 6. The Labute approximate surface area is 209 Å². The zero-order valence-electron chi connectivity index (χ0n) is 20.8. The van der Waals surface area contributed by atoms with E-state index in [4.69, 9.17) is 0 Å². The van der Waals surface area contributed by atoms with Crippen LogP contribution in [0.2, 0.25) is 0 Å². The fraction of sp³-hybridized carbons (Fsp3) is 0.250. The van der Waals surface area contributed by atoms with Gasteiger partial charge in [0, 0.05) is 48.7 Å². The first kappa shape index (κ1) is 23.2. The Bertz CT molecular complexity index is 1580. The van der Waals surface area contributed by atoms with Crippen LogP contribution in [-0.4, -0.2) is 34.0 Å². The lowest BCUT2D eigenvalue weighted by Crippen LogP contribution is -2.17. The summed E-state index contributed by atoms with van der Waals surface area (Å²) in [5, 5.41) is 16.0. The maximum Gasteiger partial charge on any atom is 0.255 e. The van der Waals surface area contributed by atoms with E-state index in [9.17, 15) is 10.1 Å². The number of hydrogen-bond donors (Lipinski definition) is 2. The number of nitrogens with one attached hydrogen (secondary N) is 2. The van der Waals surface area contributed by atoms with Crippen LogP contribution in [0, 0.1) is 18.3 Å². The van der Waals surface area contributed by atoms with Crippen LogP contribution in [0.5, 0.6) is 0 Å². The van der Waals surface area contributed by atoms with E-state index in [1.54, 1.807) is 25.4 Å². The summed E-state index contributed by atoms with van der Waals surface area (Å²) < 4.78 is 2.16. The highest BCUT2D eigenvalue weighted by Crippen LogP contribution is 2.38. The van der Waals surface area contributed by atoms with Gasteiger partial charge in [-0.1, -0.05) is 18.2 Å². The molecule has 5 rings (SSSR count). The molecule has 0 spiro atoms. The van der Waals surface area contributed by atoms with Gasteiger partial charge in [0.15, 0.2) is 0 Å². The molecule has 3 aliphatic rings. The molecule has 1 amide bonds. The number of anilines is 2. The quantitative estimate of drug-likeness (QED) is 0.454. The molecular formula is C28H27N7O. The second-order valence-corrected chi connectivity index (χ2v) is 9.46. The molecule has 2 N–H and O–H groups in total. The Morgan fingerprint density at radius 3 is 2.81 bits per heavy atom. The zero-order chi connectivity index (χ0) is 25.4. The molecule has 36 heavy (non-hydrogen) atoms. The number of nitrogens with zero attached hydrogens (tertiary/aromatic N) is 5. The second kappa shape index (κ2) is 8.93. The molecule has 0 saturated heterocycles. The van der Waals surface area contributed by atoms with Gasteiger partial charge in [-0.2, -0.15) is 10.2 Å². The first-order valence-electron chi connectivity index (χ1n) is 11.8. The van der Waals surface area contributed by atoms with Crippen LogP contribution in [0.15, 0.2) is 59.7 Å². The summed E-state index contributed by atoms with van der Waals surface area (Å²) in [6.07, 6.45) is 1.80. The monoisotopic (exact) mass is 477 g/mol. The summed E-state index contributed by atoms with van der Waals surface area (Å²) in [5.41, 5.74) is 5.84. The number of carbonyl (C=O) groups excluding carboxylic acids is 1. The van der Waals surface area contributed by atoms with E-state index < -0.39 is 5.41 Å². The van der Waals surface area contributed by atoms with E-state index in [0.29, 0.717) is 16.9 Å². The van der Waals surface area contributed by atoms with Crippen LogP contribution in [0.3, 0.4) is 0 Å². The molecule has 0 saturated carbocycles. The maximum absolute atomic E-state index is 13.1. The summed E-state index contributed by atoms with van der Waals surface area (Å²) in [4.78, 5) is 26.2. The van der Waals surface area contributed by atoms with E-state index in [1.165, 1.54) is 0 Å². The second-order valence-electron chi connectivity index (χ2n) is 9.46. The number of fused-ring (bicyclic) bond motifs is 3. The maximum atomic E-state index is 13.1. The third-order valence-electron chi connectivity index (χ3n) is 6.60. The summed E-state index contributed by atoms with van der Waals surface area (Å²) in [6.45, 7) is 7.34. The van der Waals surface area contributed by atoms with Crippen molar-refractivity contribution in [1.82, 2.24) is 14.5 Å². The molecule has 2 aromatic rings. The minimum Gasteiger partial charge on any atom is -0.369 e. The van der Waals surface area contributed by atoms with Crippen molar-refractivity contribution in [2.45, 2.75) is 32.7 Å². The average molecular weight is 478 g/mol. The highest BCUT2D eigenvalue weighted by atomic mass is 16.1. The van der Waals surface area contributed by atoms with Gasteiger partial charge < -0.3 is 15.2 Å². The molecular weight excluding hydrogens is 450 g/mol. The zero-order valence-corrected chi connectivity index (χ0v) is 20.8. The highest BCUT2D eigenvalue weighted by molar-refractivity contribution is 6.05. The van der Waals surface area contributed by atoms with E-state index in [2.05, 4.69) is 49.2 Å². The van der Waals surface area contributed by atoms with Crippen molar-refractivity contribution in [1.29, 1.82) is 5.26 Å². The van der Waals surface area contributed by atoms with Gasteiger partial charge >= 0.3 is 0 Å². The van der Waals surface area contributed by atoms with E-state index in [0.717, 1.165) is 52.5 Å². The third-order valence-corrected chi connectivity index (χ3v) is 6.60. The fourth-order valence-corrected chi connectivity index (χ4v) is 4.48. The van der Waals surface area contributed by atoms with Crippen molar-refractivity contribution in [2.75, 3.05) is 24.2 Å². The van der Waals surface area contributed by atoms with E-state index in [-0.39, 0.29) is 5.91 Å². The minimum atomic E-state index is -0.676. The third kappa shape index (κ3) is 4.09. The smallest absolute Gasteiger partial charge is 0.255 e. The summed E-state index contributed by atoms with van der Waals surface area (Å²) in [7, 11) is 1.68. The Balaban J connectivity index is 1.53. The molecule has 0 radical (unpaired) electrons. The highest BCUT2D eigenvalue weighted by Gasteiger charge is 2.24. The van der Waals surface area contributed by atoms with Crippen LogP contribution in [0.25, 0.3) is 22.5 Å². The Hall–Kier alpha value is -4.51. The Morgan fingerprint density at radius 2 is 2.03 bits per heavy atom. The van der Waals surface area contributed by atoms with Gasteiger partial charge in [0.1, 0.15) is 11.6 Å². The SMILES string of the molecule is CN=c1ncc2cc(-c3cc(NC(=O)c4cccc(C(C)(C)C#N)c4)ccc3C)c3n(c-2n1)CCN3. The number of nitriles is 1. The molecule has 0 bridgehead atoms. The van der Waals surface area contributed by atoms with Crippen molar-refractivity contribution < 1.29 is 4.79 Å². The molecule has 8 nitrogen and oxygen atoms in total. The van der Waals surface area contributed by atoms with Gasteiger partial charge in [0.05, 0.1) is 11.5 Å². The van der Waals surface area contributed by atoms with Crippen molar-refractivity contribution in [3.63, 3.8) is 0 Å². The van der Waals surface area contributed by atoms with Gasteiger partial charge in [-0.05, 0) is 67.8 Å². The largest absolute Gasteiger partial charge is 0.369 e. The van der Waals surface area contributed by atoms with Crippen LogP contribution in [0.1, 0.15) is 35.3 Å². The van der Waals surface area contributed by atoms with E-state index in [1.807, 2.05) is 44.2 Å². The van der Waals surface area contributed by atoms with Gasteiger partial charge in [-0.25, -0.2) is 4.98 Å². The number of carbonyl (C=O) groups is 1. The Kier molecular flexibility index (Phi) is 5.77. The van der Waals surface area contributed by atoms with E-state index >= 15 is 0 Å². The number of benzene rings is 2. The predicted octanol–water partition coefficient (Wildman–Crippen LogP) is 4.37. The van der Waals surface area contributed by atoms with Crippen molar-refractivity contribution in [3.8, 4) is 28.6 Å². The standard InChI is InChI=1S/C28H27N7O/c1-17-8-9-21(33-26(36)18-6-5-7-20(12-18)28(2,3)16-29)14-22(17)23-13-19-15-32-27(30-4)34-24(19)35-11-10-31-25(23)35/h5-9,12-15,31H,10-11H2,1-4H3,(H,33,36). The number of pyridine rings is 1. The topological polar surface area (TPSA) is 108 Å². The van der Waals surface area contributed by atoms with Crippen molar-refractivity contribution in [3.05, 3.63) is 77.0 Å². The number of aryl methyl sites for hydroxylation is 1.